The zero-order valence-corrected chi connectivity index (χ0v) is 7.25. The Labute approximate surface area is 71.2 Å². The molecule has 0 spiro atoms. The van der Waals surface area contributed by atoms with Gasteiger partial charge in [-0.2, -0.15) is 0 Å². The highest BCUT2D eigenvalue weighted by Gasteiger charge is 2.09. The first-order valence-corrected chi connectivity index (χ1v) is 3.43. The molecule has 0 aromatic heterocycles. The van der Waals surface area contributed by atoms with Gasteiger partial charge >= 0.3 is 11.9 Å². The smallest absolute Gasteiger partial charge is 0.317 e. The predicted octanol–water partition coefficient (Wildman–Crippen LogP) is 0.669. The average molecular weight is 172 g/mol. The molecule has 0 fully saturated rings. The van der Waals surface area contributed by atoms with Crippen LogP contribution in [0.2, 0.25) is 0 Å². The van der Waals surface area contributed by atoms with Gasteiger partial charge in [0.05, 0.1) is 7.11 Å². The fraction of sp³-hybridized carbons (Fsp3) is 0.500. The third-order valence-corrected chi connectivity index (χ3v) is 0.996. The number of carbonyl (C=O) groups is 2. The van der Waals surface area contributed by atoms with Crippen molar-refractivity contribution in [3.05, 3.63) is 12.2 Å². The maximum Gasteiger partial charge on any atom is 0.317 e. The van der Waals surface area contributed by atoms with Gasteiger partial charge in [-0.05, 0) is 12.5 Å². The molecule has 0 unspecified atom stereocenters. The number of hydrogen-bond donors (Lipinski definition) is 0. The van der Waals surface area contributed by atoms with Gasteiger partial charge in [0.1, 0.15) is 13.0 Å². The first kappa shape index (κ1) is 10.7. The molecule has 0 rings (SSSR count). The molecular formula is C8H12O4. The summed E-state index contributed by atoms with van der Waals surface area (Å²) in [6, 6.07) is 0. The van der Waals surface area contributed by atoms with Crippen molar-refractivity contribution in [3.63, 3.8) is 0 Å². The summed E-state index contributed by atoms with van der Waals surface area (Å²) in [5, 5.41) is 0. The standard InChI is InChI=1S/C8H12O4/c1-6(2)5-12-8(10)4-7(9)11-3/h1,4-5H2,2-3H3. The second-order valence-electron chi connectivity index (χ2n) is 2.37. The third-order valence-electron chi connectivity index (χ3n) is 0.996. The molecule has 0 atom stereocenters. The highest BCUT2D eigenvalue weighted by molar-refractivity contribution is 5.91. The van der Waals surface area contributed by atoms with Gasteiger partial charge in [0.15, 0.2) is 0 Å². The first-order valence-electron chi connectivity index (χ1n) is 3.43. The Kier molecular flexibility index (Phi) is 4.76. The van der Waals surface area contributed by atoms with Gasteiger partial charge in [0.2, 0.25) is 0 Å². The van der Waals surface area contributed by atoms with Crippen molar-refractivity contribution in [2.75, 3.05) is 13.7 Å². The quantitative estimate of drug-likeness (QED) is 0.355. The minimum absolute atomic E-state index is 0.149. The lowest BCUT2D eigenvalue weighted by Gasteiger charge is -2.02. The molecule has 0 aliphatic heterocycles. The van der Waals surface area contributed by atoms with E-state index in [1.54, 1.807) is 6.92 Å². The fourth-order valence-electron chi connectivity index (χ4n) is 0.445. The summed E-state index contributed by atoms with van der Waals surface area (Å²) in [5.74, 6) is -1.19. The molecule has 0 bridgehead atoms. The Morgan fingerprint density at radius 3 is 2.33 bits per heavy atom. The molecule has 12 heavy (non-hydrogen) atoms. The largest absolute Gasteiger partial charge is 0.469 e. The van der Waals surface area contributed by atoms with Gasteiger partial charge in [-0.1, -0.05) is 6.58 Å². The summed E-state index contributed by atoms with van der Waals surface area (Å²) >= 11 is 0. The Bertz CT molecular complexity index is 195. The van der Waals surface area contributed by atoms with Crippen LogP contribution < -0.4 is 0 Å². The average Bonchev–Trinajstić information content (AvgIpc) is 2.00. The maximum absolute atomic E-state index is 10.8. The summed E-state index contributed by atoms with van der Waals surface area (Å²) in [6.07, 6.45) is -0.343. The van der Waals surface area contributed by atoms with Crippen LogP contribution in [-0.4, -0.2) is 25.7 Å². The molecule has 4 nitrogen and oxygen atoms in total. The summed E-state index contributed by atoms with van der Waals surface area (Å²) in [5.41, 5.74) is 0.730. The number of methoxy groups -OCH3 is 1. The number of carbonyl (C=O) groups excluding carboxylic acids is 2. The van der Waals surface area contributed by atoms with Crippen molar-refractivity contribution in [1.82, 2.24) is 0 Å². The summed E-state index contributed by atoms with van der Waals surface area (Å²) < 4.78 is 8.90. The van der Waals surface area contributed by atoms with Crippen LogP contribution in [0, 0.1) is 0 Å². The van der Waals surface area contributed by atoms with Crippen LogP contribution in [0.15, 0.2) is 12.2 Å². The lowest BCUT2D eigenvalue weighted by Crippen LogP contribution is -2.13. The van der Waals surface area contributed by atoms with Crippen molar-refractivity contribution in [2.45, 2.75) is 13.3 Å². The van der Waals surface area contributed by atoms with Crippen LogP contribution in [-0.2, 0) is 19.1 Å². The molecule has 68 valence electrons. The van der Waals surface area contributed by atoms with Gasteiger partial charge in [-0.3, -0.25) is 9.59 Å². The second kappa shape index (κ2) is 5.35. The van der Waals surface area contributed by atoms with E-state index in [1.165, 1.54) is 7.11 Å². The Hall–Kier alpha value is -1.32. The number of hydrogen-bond acceptors (Lipinski definition) is 4. The van der Waals surface area contributed by atoms with Gasteiger partial charge in [-0.25, -0.2) is 0 Å². The van der Waals surface area contributed by atoms with E-state index in [1.807, 2.05) is 0 Å². The molecule has 0 N–H and O–H groups in total. The van der Waals surface area contributed by atoms with Crippen LogP contribution in [0.5, 0.6) is 0 Å². The van der Waals surface area contributed by atoms with E-state index in [2.05, 4.69) is 16.1 Å². The SMILES string of the molecule is C=C(C)COC(=O)CC(=O)OC. The van der Waals surface area contributed by atoms with E-state index in [4.69, 9.17) is 0 Å². The lowest BCUT2D eigenvalue weighted by atomic mass is 10.4. The van der Waals surface area contributed by atoms with Crippen LogP contribution in [0.3, 0.4) is 0 Å². The van der Waals surface area contributed by atoms with Crippen LogP contribution in [0.4, 0.5) is 0 Å². The van der Waals surface area contributed by atoms with Crippen LogP contribution in [0.1, 0.15) is 13.3 Å². The molecule has 0 saturated heterocycles. The van der Waals surface area contributed by atoms with E-state index < -0.39 is 11.9 Å². The van der Waals surface area contributed by atoms with Gasteiger partial charge in [0.25, 0.3) is 0 Å². The van der Waals surface area contributed by atoms with E-state index in [0.717, 1.165) is 5.57 Å². The van der Waals surface area contributed by atoms with E-state index in [-0.39, 0.29) is 13.0 Å². The lowest BCUT2D eigenvalue weighted by molar-refractivity contribution is -0.152. The summed E-state index contributed by atoms with van der Waals surface area (Å²) in [7, 11) is 1.22. The Morgan fingerprint density at radius 1 is 1.33 bits per heavy atom. The molecule has 0 aromatic carbocycles. The fourth-order valence-corrected chi connectivity index (χ4v) is 0.445. The molecule has 0 aliphatic carbocycles. The zero-order chi connectivity index (χ0) is 9.56. The Morgan fingerprint density at radius 2 is 1.92 bits per heavy atom. The minimum Gasteiger partial charge on any atom is -0.469 e. The van der Waals surface area contributed by atoms with Gasteiger partial charge < -0.3 is 9.47 Å². The topological polar surface area (TPSA) is 52.6 Å². The summed E-state index contributed by atoms with van der Waals surface area (Å²) in [6.45, 7) is 5.41. The summed E-state index contributed by atoms with van der Waals surface area (Å²) in [4.78, 5) is 21.3. The monoisotopic (exact) mass is 172 g/mol. The molecule has 0 radical (unpaired) electrons. The van der Waals surface area contributed by atoms with Crippen molar-refractivity contribution < 1.29 is 19.1 Å². The molecule has 4 heteroatoms. The van der Waals surface area contributed by atoms with Gasteiger partial charge in [0, 0.05) is 0 Å². The molecule has 0 amide bonds. The number of esters is 2. The highest BCUT2D eigenvalue weighted by atomic mass is 16.5. The molecule has 0 aromatic rings. The van der Waals surface area contributed by atoms with Crippen LogP contribution in [0.25, 0.3) is 0 Å². The predicted molar refractivity (Wildman–Crippen MR) is 42.4 cm³/mol. The normalized spacial score (nSPS) is 8.83. The zero-order valence-electron chi connectivity index (χ0n) is 7.25. The molecule has 0 aliphatic rings. The van der Waals surface area contributed by atoms with Crippen molar-refractivity contribution >= 4 is 11.9 Å². The van der Waals surface area contributed by atoms with E-state index >= 15 is 0 Å². The second-order valence-corrected chi connectivity index (χ2v) is 2.37. The van der Waals surface area contributed by atoms with E-state index in [0.29, 0.717) is 0 Å². The van der Waals surface area contributed by atoms with E-state index in [9.17, 15) is 9.59 Å². The van der Waals surface area contributed by atoms with Crippen LogP contribution >= 0.6 is 0 Å². The third kappa shape index (κ3) is 5.46. The van der Waals surface area contributed by atoms with Gasteiger partial charge in [-0.15, -0.1) is 0 Å². The molecule has 0 saturated carbocycles. The maximum atomic E-state index is 10.8. The molecule has 0 heterocycles. The van der Waals surface area contributed by atoms with Crippen molar-refractivity contribution in [1.29, 1.82) is 0 Å². The van der Waals surface area contributed by atoms with Crippen molar-refractivity contribution in [2.24, 2.45) is 0 Å². The highest BCUT2D eigenvalue weighted by Crippen LogP contribution is 1.93. The minimum atomic E-state index is -0.596. The number of rotatable bonds is 4. The van der Waals surface area contributed by atoms with Crippen molar-refractivity contribution in [3.8, 4) is 0 Å². The Balaban J connectivity index is 3.60. The number of ether oxygens (including phenoxy) is 2. The molecular weight excluding hydrogens is 160 g/mol. The first-order chi connectivity index (χ1) is 5.56.